The third kappa shape index (κ3) is 7.34. The topological polar surface area (TPSA) is 110 Å². The number of carbonyl (C=O) groups is 1. The molecule has 8 nitrogen and oxygen atoms in total. The predicted molar refractivity (Wildman–Crippen MR) is 140 cm³/mol. The summed E-state index contributed by atoms with van der Waals surface area (Å²) in [6.45, 7) is 4.59. The van der Waals surface area contributed by atoms with Gasteiger partial charge in [0.2, 0.25) is 0 Å². The van der Waals surface area contributed by atoms with Crippen molar-refractivity contribution in [2.75, 3.05) is 30.3 Å². The summed E-state index contributed by atoms with van der Waals surface area (Å²) in [5.74, 6) is 0.747. The summed E-state index contributed by atoms with van der Waals surface area (Å²) in [5, 5.41) is 20.5. The Hall–Kier alpha value is -2.82. The first kappa shape index (κ1) is 26.4. The zero-order valence-electron chi connectivity index (χ0n) is 17.8. The number of carbonyl (C=O) groups excluding carboxylic acids is 1. The second-order valence-corrected chi connectivity index (χ2v) is 8.36. The van der Waals surface area contributed by atoms with E-state index in [2.05, 4.69) is 54.1 Å². The second kappa shape index (κ2) is 13.0. The second-order valence-electron chi connectivity index (χ2n) is 6.74. The van der Waals surface area contributed by atoms with Crippen molar-refractivity contribution in [3.8, 4) is 11.3 Å². The van der Waals surface area contributed by atoms with E-state index in [-0.39, 0.29) is 34.8 Å². The lowest BCUT2D eigenvalue weighted by Gasteiger charge is -2.10. The van der Waals surface area contributed by atoms with Crippen LogP contribution in [0, 0.1) is 17.0 Å². The molecule has 0 bridgehead atoms. The fraction of sp³-hybridized carbons (Fsp3) is 0.227. The van der Waals surface area contributed by atoms with Crippen molar-refractivity contribution in [3.63, 3.8) is 0 Å². The number of anilines is 1. The maximum absolute atomic E-state index is 11.2. The van der Waals surface area contributed by atoms with Crippen LogP contribution in [0.3, 0.4) is 0 Å². The van der Waals surface area contributed by atoms with Crippen molar-refractivity contribution in [2.45, 2.75) is 6.92 Å². The molecule has 2 aromatic carbocycles. The van der Waals surface area contributed by atoms with Crippen LogP contribution < -0.4 is 10.6 Å². The number of ketones is 1. The van der Waals surface area contributed by atoms with Gasteiger partial charge in [0.1, 0.15) is 5.84 Å². The molecule has 0 saturated carbocycles. The Bertz CT molecular complexity index is 1140. The van der Waals surface area contributed by atoms with Gasteiger partial charge < -0.3 is 10.6 Å². The van der Waals surface area contributed by atoms with Gasteiger partial charge in [0, 0.05) is 29.2 Å². The minimum atomic E-state index is -0.560. The third-order valence-electron chi connectivity index (χ3n) is 4.53. The van der Waals surface area contributed by atoms with E-state index in [0.29, 0.717) is 0 Å². The van der Waals surface area contributed by atoms with E-state index in [4.69, 9.17) is 0 Å². The Labute approximate surface area is 210 Å². The minimum absolute atomic E-state index is 0. The number of rotatable bonds is 7. The molecule has 0 saturated heterocycles. The van der Waals surface area contributed by atoms with Gasteiger partial charge >= 0.3 is 0 Å². The Morgan fingerprint density at radius 1 is 1.24 bits per heavy atom. The first-order valence-electron chi connectivity index (χ1n) is 9.84. The van der Waals surface area contributed by atoms with Gasteiger partial charge in [0.25, 0.3) is 5.69 Å². The number of nitro benzene ring substituents is 1. The number of hydrogen-bond donors (Lipinski definition) is 2. The molecule has 1 aromatic heterocycles. The number of alkyl halides is 1. The number of aliphatic imine (C=N–C) groups is 1. The van der Waals surface area contributed by atoms with Crippen LogP contribution in [0.5, 0.6) is 0 Å². The van der Waals surface area contributed by atoms with Crippen LogP contribution in [0.1, 0.15) is 15.4 Å². The fourth-order valence-electron chi connectivity index (χ4n) is 3.03. The molecule has 0 aliphatic carbocycles. The fourth-order valence-corrected chi connectivity index (χ4v) is 3.95. The molecule has 3 aromatic rings. The number of Topliss-reactive ketones (excluding diaryl/α,β-unsaturated/α-hetero) is 1. The molecule has 0 fully saturated rings. The summed E-state index contributed by atoms with van der Waals surface area (Å²) in [6, 6.07) is 14.2. The van der Waals surface area contributed by atoms with Crippen LogP contribution in [-0.2, 0) is 0 Å². The molecule has 11 heteroatoms. The highest BCUT2D eigenvalue weighted by Gasteiger charge is 2.17. The number of aromatic nitrogens is 1. The van der Waals surface area contributed by atoms with Crippen LogP contribution in [0.2, 0.25) is 0 Å². The molecule has 0 atom stereocenters. The molecule has 1 aliphatic heterocycles. The lowest BCUT2D eigenvalue weighted by atomic mass is 10.1. The van der Waals surface area contributed by atoms with E-state index in [1.807, 2.05) is 19.1 Å². The maximum atomic E-state index is 11.2. The highest BCUT2D eigenvalue weighted by molar-refractivity contribution is 9.09. The Balaban J connectivity index is 0.000000244. The quantitative estimate of drug-likeness (QED) is 0.182. The lowest BCUT2D eigenvalue weighted by molar-refractivity contribution is -0.385. The van der Waals surface area contributed by atoms with Crippen molar-refractivity contribution < 1.29 is 9.72 Å². The molecular weight excluding hydrogens is 530 g/mol. The van der Waals surface area contributed by atoms with Crippen molar-refractivity contribution in [2.24, 2.45) is 4.99 Å². The first-order valence-corrected chi connectivity index (χ1v) is 11.8. The maximum Gasteiger partial charge on any atom is 0.280 e. The molecule has 0 unspecified atom stereocenters. The van der Waals surface area contributed by atoms with Gasteiger partial charge in [-0.25, -0.2) is 4.98 Å². The molecular formula is C22H23BrClN5O3S. The van der Waals surface area contributed by atoms with E-state index in [9.17, 15) is 14.9 Å². The third-order valence-corrected chi connectivity index (χ3v) is 5.82. The van der Waals surface area contributed by atoms with Crippen LogP contribution in [0.25, 0.3) is 11.3 Å². The molecule has 33 heavy (non-hydrogen) atoms. The summed E-state index contributed by atoms with van der Waals surface area (Å²) in [6.07, 6.45) is 0. The number of thiazole rings is 1. The molecule has 0 radical (unpaired) electrons. The minimum Gasteiger partial charge on any atom is -0.377 e. The number of nitrogens with one attached hydrogen (secondary N) is 2. The van der Waals surface area contributed by atoms with Crippen molar-refractivity contribution in [3.05, 3.63) is 74.6 Å². The number of halogens is 2. The number of amidine groups is 1. The predicted octanol–water partition coefficient (Wildman–Crippen LogP) is 5.13. The number of para-hydroxylation sites is 2. The Morgan fingerprint density at radius 2 is 1.97 bits per heavy atom. The van der Waals surface area contributed by atoms with Crippen LogP contribution in [-0.4, -0.2) is 46.5 Å². The first-order chi connectivity index (χ1) is 15.5. The molecule has 4 rings (SSSR count). The van der Waals surface area contributed by atoms with E-state index >= 15 is 0 Å². The zero-order chi connectivity index (χ0) is 22.9. The van der Waals surface area contributed by atoms with E-state index in [1.54, 1.807) is 17.4 Å². The van der Waals surface area contributed by atoms with Crippen molar-refractivity contribution in [1.29, 1.82) is 0 Å². The average Bonchev–Trinajstić information content (AvgIpc) is 3.49. The monoisotopic (exact) mass is 551 g/mol. The van der Waals surface area contributed by atoms with E-state index in [1.165, 1.54) is 18.2 Å². The number of hydrogen-bond acceptors (Lipinski definition) is 8. The smallest absolute Gasteiger partial charge is 0.280 e. The molecule has 0 spiro atoms. The molecule has 0 amide bonds. The summed E-state index contributed by atoms with van der Waals surface area (Å²) in [4.78, 5) is 30.0. The summed E-state index contributed by atoms with van der Waals surface area (Å²) >= 11 is 4.64. The van der Waals surface area contributed by atoms with Gasteiger partial charge in [0.05, 0.1) is 39.6 Å². The van der Waals surface area contributed by atoms with Crippen LogP contribution in [0.15, 0.2) is 58.9 Å². The van der Waals surface area contributed by atoms with Gasteiger partial charge in [-0.3, -0.25) is 19.9 Å². The van der Waals surface area contributed by atoms with Gasteiger partial charge in [-0.2, -0.15) is 0 Å². The normalized spacial score (nSPS) is 11.9. The number of aryl methyl sites for hydroxylation is 1. The summed E-state index contributed by atoms with van der Waals surface area (Å²) in [5.41, 5.74) is 3.28. The Kier molecular flexibility index (Phi) is 10.4. The number of nitro groups is 1. The molecule has 2 heterocycles. The van der Waals surface area contributed by atoms with Gasteiger partial charge in [-0.15, -0.1) is 23.7 Å². The lowest BCUT2D eigenvalue weighted by Crippen LogP contribution is -2.26. The average molecular weight is 553 g/mol. The molecule has 1 aliphatic rings. The summed E-state index contributed by atoms with van der Waals surface area (Å²) in [7, 11) is 0. The molecule has 174 valence electrons. The Morgan fingerprint density at radius 3 is 2.61 bits per heavy atom. The highest BCUT2D eigenvalue weighted by Crippen LogP contribution is 2.28. The zero-order valence-corrected chi connectivity index (χ0v) is 21.0. The summed E-state index contributed by atoms with van der Waals surface area (Å²) < 4.78 is 0. The number of nitrogens with zero attached hydrogens (tertiary/aromatic N) is 3. The van der Waals surface area contributed by atoms with Gasteiger partial charge in [0.15, 0.2) is 5.78 Å². The van der Waals surface area contributed by atoms with Crippen molar-refractivity contribution >= 4 is 62.7 Å². The highest BCUT2D eigenvalue weighted by atomic mass is 79.9. The van der Waals surface area contributed by atoms with E-state index < -0.39 is 4.92 Å². The van der Waals surface area contributed by atoms with Crippen molar-refractivity contribution in [1.82, 2.24) is 10.3 Å². The van der Waals surface area contributed by atoms with Crippen LogP contribution in [0.4, 0.5) is 11.4 Å². The SMILES string of the molecule is Cc1nc(-c2ccccc2NCC2=NCCN2)cs1.Cl.O=C(CBr)c1ccccc1[N+](=O)[O-]. The standard InChI is InChI=1S/C14H16N4S.C8H6BrNO3.ClH/c1-10-18-13(9-19-10)11-4-2-3-5-12(11)17-8-14-15-6-7-16-14;9-5-8(11)6-3-1-2-4-7(6)10(12)13;/h2-5,9,17H,6-8H2,1H3,(H,15,16);1-4H,5H2;1H. The largest absolute Gasteiger partial charge is 0.377 e. The van der Waals surface area contributed by atoms with Crippen LogP contribution >= 0.6 is 39.7 Å². The number of benzene rings is 2. The van der Waals surface area contributed by atoms with Gasteiger partial charge in [-0.1, -0.05) is 46.3 Å². The van der Waals surface area contributed by atoms with Gasteiger partial charge in [-0.05, 0) is 19.1 Å². The van der Waals surface area contributed by atoms with E-state index in [0.717, 1.165) is 47.4 Å². The molecule has 2 N–H and O–H groups in total.